The molecule has 0 N–H and O–H groups in total. The Kier molecular flexibility index (Phi) is 3.42. The number of nitrogens with zero attached hydrogens (tertiary/aromatic N) is 2. The van der Waals surface area contributed by atoms with Gasteiger partial charge in [0.25, 0.3) is 5.69 Å². The van der Waals surface area contributed by atoms with Gasteiger partial charge in [0.05, 0.1) is 21.9 Å². The van der Waals surface area contributed by atoms with Crippen molar-refractivity contribution in [2.45, 2.75) is 37.2 Å². The number of rotatable bonds is 3. The molecule has 2 aliphatic rings. The van der Waals surface area contributed by atoms with Gasteiger partial charge in [-0.3, -0.25) is 14.9 Å². The van der Waals surface area contributed by atoms with E-state index in [0.29, 0.717) is 0 Å². The number of sulfonamides is 1. The lowest BCUT2D eigenvalue weighted by molar-refractivity contribution is -0.384. The van der Waals surface area contributed by atoms with Crippen LogP contribution in [0.2, 0.25) is 0 Å². The highest BCUT2D eigenvalue weighted by Gasteiger charge is 2.53. The molecule has 0 saturated carbocycles. The van der Waals surface area contributed by atoms with Crippen molar-refractivity contribution in [2.24, 2.45) is 5.41 Å². The molecule has 2 bridgehead atoms. The molecule has 3 rings (SSSR count). The van der Waals surface area contributed by atoms with Crippen LogP contribution < -0.4 is 0 Å². The van der Waals surface area contributed by atoms with Crippen LogP contribution in [-0.2, 0) is 14.8 Å². The van der Waals surface area contributed by atoms with Crippen molar-refractivity contribution in [2.75, 3.05) is 0 Å². The summed E-state index contributed by atoms with van der Waals surface area (Å²) in [5, 5.41) is 10.7. The van der Waals surface area contributed by atoms with E-state index in [-0.39, 0.29) is 22.8 Å². The molecule has 122 valence electrons. The molecule has 2 heterocycles. The maximum absolute atomic E-state index is 12.9. The molecule has 1 aromatic carbocycles. The fraction of sp³-hybridized carbons (Fsp3) is 0.400. The van der Waals surface area contributed by atoms with E-state index in [9.17, 15) is 23.3 Å². The van der Waals surface area contributed by atoms with Gasteiger partial charge in [0, 0.05) is 24.0 Å². The summed E-state index contributed by atoms with van der Waals surface area (Å²) in [5.74, 6) is 0.0349. The van der Waals surface area contributed by atoms with E-state index in [1.807, 2.05) is 0 Å². The average Bonchev–Trinajstić information content (AvgIpc) is 2.87. The van der Waals surface area contributed by atoms with Crippen LogP contribution in [0, 0.1) is 15.5 Å². The highest BCUT2D eigenvalue weighted by molar-refractivity contribution is 7.89. The number of nitro benzene ring substituents is 1. The normalized spacial score (nSPS) is 26.4. The summed E-state index contributed by atoms with van der Waals surface area (Å²) in [7, 11) is -3.84. The number of benzene rings is 1. The zero-order valence-electron chi connectivity index (χ0n) is 12.7. The van der Waals surface area contributed by atoms with Crippen LogP contribution in [0.4, 0.5) is 5.69 Å². The van der Waals surface area contributed by atoms with Gasteiger partial charge in [-0.15, -0.1) is 0 Å². The Morgan fingerprint density at radius 1 is 1.22 bits per heavy atom. The van der Waals surface area contributed by atoms with Crippen molar-refractivity contribution < 1.29 is 18.1 Å². The summed E-state index contributed by atoms with van der Waals surface area (Å²) < 4.78 is 27.2. The topological polar surface area (TPSA) is 97.6 Å². The number of non-ortho nitro benzene ring substituents is 1. The van der Waals surface area contributed by atoms with Gasteiger partial charge in [-0.05, 0) is 12.1 Å². The van der Waals surface area contributed by atoms with Crippen molar-refractivity contribution in [1.29, 1.82) is 0 Å². The second kappa shape index (κ2) is 4.97. The number of Topliss-reactive ketones (excluding diaryl/α,β-unsaturated/α-hetero) is 1. The number of fused-ring (bicyclic) bond motifs is 2. The van der Waals surface area contributed by atoms with Crippen LogP contribution in [0.25, 0.3) is 0 Å². The lowest BCUT2D eigenvalue weighted by atomic mass is 9.77. The Morgan fingerprint density at radius 3 is 2.39 bits per heavy atom. The molecule has 0 aliphatic carbocycles. The number of nitro groups is 1. The Labute approximate surface area is 133 Å². The highest BCUT2D eigenvalue weighted by Crippen LogP contribution is 2.43. The van der Waals surface area contributed by atoms with Crippen molar-refractivity contribution >= 4 is 21.5 Å². The Balaban J connectivity index is 2.01. The van der Waals surface area contributed by atoms with Crippen LogP contribution in [0.1, 0.15) is 20.3 Å². The molecule has 2 aliphatic heterocycles. The summed E-state index contributed by atoms with van der Waals surface area (Å²) in [5.41, 5.74) is -0.962. The molecule has 1 fully saturated rings. The fourth-order valence-electron chi connectivity index (χ4n) is 3.13. The van der Waals surface area contributed by atoms with Gasteiger partial charge in [-0.25, -0.2) is 8.42 Å². The van der Waals surface area contributed by atoms with Crippen LogP contribution in [0.5, 0.6) is 0 Å². The van der Waals surface area contributed by atoms with Crippen LogP contribution in [0.3, 0.4) is 0 Å². The first-order valence-corrected chi connectivity index (χ1v) is 8.59. The third-order valence-corrected chi connectivity index (χ3v) is 6.51. The molecule has 0 radical (unpaired) electrons. The Morgan fingerprint density at radius 2 is 1.83 bits per heavy atom. The van der Waals surface area contributed by atoms with Crippen molar-refractivity contribution in [3.05, 3.63) is 46.5 Å². The molecule has 23 heavy (non-hydrogen) atoms. The predicted molar refractivity (Wildman–Crippen MR) is 82.2 cm³/mol. The zero-order valence-corrected chi connectivity index (χ0v) is 13.5. The van der Waals surface area contributed by atoms with Gasteiger partial charge >= 0.3 is 0 Å². The number of ketones is 1. The lowest BCUT2D eigenvalue weighted by Crippen LogP contribution is -2.56. The molecule has 1 saturated heterocycles. The molecule has 7 nitrogen and oxygen atoms in total. The monoisotopic (exact) mass is 336 g/mol. The van der Waals surface area contributed by atoms with Gasteiger partial charge < -0.3 is 0 Å². The Hall–Kier alpha value is -2.06. The molecule has 0 spiro atoms. The SMILES string of the molecule is CC1(C)C(=O)C[C@@H]2C=C[C@H]1N2S(=O)(=O)c1ccc([N+](=O)[O-])cc1. The van der Waals surface area contributed by atoms with E-state index in [0.717, 1.165) is 0 Å². The highest BCUT2D eigenvalue weighted by atomic mass is 32.2. The smallest absolute Gasteiger partial charge is 0.269 e. The summed E-state index contributed by atoms with van der Waals surface area (Å²) >= 11 is 0. The fourth-order valence-corrected chi connectivity index (χ4v) is 4.99. The van der Waals surface area contributed by atoms with Gasteiger partial charge in [0.1, 0.15) is 5.78 Å². The average molecular weight is 336 g/mol. The maximum Gasteiger partial charge on any atom is 0.269 e. The molecule has 1 aromatic rings. The third-order valence-electron chi connectivity index (χ3n) is 4.59. The molecular formula is C15H16N2O5S. The van der Waals surface area contributed by atoms with E-state index in [1.54, 1.807) is 26.0 Å². The first-order valence-electron chi connectivity index (χ1n) is 7.15. The van der Waals surface area contributed by atoms with E-state index >= 15 is 0 Å². The third kappa shape index (κ3) is 2.29. The lowest BCUT2D eigenvalue weighted by Gasteiger charge is -2.42. The molecule has 0 unspecified atom stereocenters. The van der Waals surface area contributed by atoms with Crippen LogP contribution in [-0.4, -0.2) is 35.5 Å². The predicted octanol–water partition coefficient (Wildman–Crippen LogP) is 1.89. The van der Waals surface area contributed by atoms with Crippen LogP contribution >= 0.6 is 0 Å². The number of carbonyl (C=O) groups excluding carboxylic acids is 1. The zero-order chi connectivity index (χ0) is 17.0. The van der Waals surface area contributed by atoms with Gasteiger partial charge in [-0.1, -0.05) is 26.0 Å². The second-order valence-corrected chi connectivity index (χ2v) is 8.18. The summed E-state index contributed by atoms with van der Waals surface area (Å²) in [6, 6.07) is 3.78. The summed E-state index contributed by atoms with van der Waals surface area (Å²) in [6.07, 6.45) is 3.66. The van der Waals surface area contributed by atoms with E-state index in [2.05, 4.69) is 0 Å². The minimum absolute atomic E-state index is 0.00745. The van der Waals surface area contributed by atoms with Gasteiger partial charge in [0.2, 0.25) is 10.0 Å². The quantitative estimate of drug-likeness (QED) is 0.477. The standard InChI is InChI=1S/C15H16N2O5S/c1-15(2)13-8-5-11(9-14(15)18)16(13)23(21,22)12-6-3-10(4-7-12)17(19)20/h3-8,11,13H,9H2,1-2H3/t11-,13+/m0/s1. The summed E-state index contributed by atoms with van der Waals surface area (Å²) in [4.78, 5) is 22.3. The van der Waals surface area contributed by atoms with Gasteiger partial charge in [0.15, 0.2) is 0 Å². The van der Waals surface area contributed by atoms with Crippen molar-refractivity contribution in [1.82, 2.24) is 4.31 Å². The molecular weight excluding hydrogens is 320 g/mol. The minimum Gasteiger partial charge on any atom is -0.299 e. The molecule has 0 aromatic heterocycles. The minimum atomic E-state index is -3.84. The second-order valence-electron chi connectivity index (χ2n) is 6.33. The van der Waals surface area contributed by atoms with Crippen molar-refractivity contribution in [3.8, 4) is 0 Å². The molecule has 0 amide bonds. The first kappa shape index (κ1) is 15.8. The first-order chi connectivity index (χ1) is 10.7. The maximum atomic E-state index is 12.9. The summed E-state index contributed by atoms with van der Waals surface area (Å²) in [6.45, 7) is 3.48. The molecule has 8 heteroatoms. The molecule has 2 atom stereocenters. The number of piperidine rings is 1. The number of hydrogen-bond acceptors (Lipinski definition) is 5. The van der Waals surface area contributed by atoms with Crippen LogP contribution in [0.15, 0.2) is 41.3 Å². The largest absolute Gasteiger partial charge is 0.299 e. The van der Waals surface area contributed by atoms with Gasteiger partial charge in [-0.2, -0.15) is 4.31 Å². The van der Waals surface area contributed by atoms with E-state index in [1.165, 1.54) is 28.6 Å². The number of hydrogen-bond donors (Lipinski definition) is 0. The number of carbonyl (C=O) groups is 1. The van der Waals surface area contributed by atoms with E-state index in [4.69, 9.17) is 0 Å². The Bertz CT molecular complexity index is 811. The van der Waals surface area contributed by atoms with Crippen molar-refractivity contribution in [3.63, 3.8) is 0 Å². The van der Waals surface area contributed by atoms with E-state index < -0.39 is 32.4 Å².